The van der Waals surface area contributed by atoms with Crippen LogP contribution in [0.1, 0.15) is 53.9 Å². The number of nitrogens with zero attached hydrogens (tertiary/aromatic N) is 1. The van der Waals surface area contributed by atoms with Crippen LogP contribution in [0.5, 0.6) is 5.75 Å². The maximum atomic E-state index is 12.5. The van der Waals surface area contributed by atoms with Crippen LogP contribution in [0.2, 0.25) is 0 Å². The summed E-state index contributed by atoms with van der Waals surface area (Å²) < 4.78 is 5.25. The SMILES string of the molecule is COc1ccc(C(C)(C)c2csc(NC(=O)NCc3ccc(C(=O)NC4CCNCC4)cc3)n2)cc1. The molecule has 1 saturated heterocycles. The van der Waals surface area contributed by atoms with Crippen molar-refractivity contribution in [3.8, 4) is 5.75 Å². The number of nitrogens with one attached hydrogen (secondary N) is 4. The minimum absolute atomic E-state index is 0.0590. The predicted octanol–water partition coefficient (Wildman–Crippen LogP) is 4.28. The number of amides is 3. The Balaban J connectivity index is 1.27. The van der Waals surface area contributed by atoms with Gasteiger partial charge in [-0.3, -0.25) is 10.1 Å². The number of thiazole rings is 1. The van der Waals surface area contributed by atoms with Crippen LogP contribution in [0.15, 0.2) is 53.9 Å². The lowest BCUT2D eigenvalue weighted by molar-refractivity contribution is 0.0929. The van der Waals surface area contributed by atoms with Gasteiger partial charge in [0.15, 0.2) is 5.13 Å². The zero-order valence-electron chi connectivity index (χ0n) is 20.9. The molecule has 0 atom stereocenters. The van der Waals surface area contributed by atoms with Crippen LogP contribution in [0.4, 0.5) is 9.93 Å². The molecule has 2 heterocycles. The van der Waals surface area contributed by atoms with Crippen LogP contribution in [0, 0.1) is 0 Å². The smallest absolute Gasteiger partial charge is 0.321 e. The number of benzene rings is 2. The fourth-order valence-corrected chi connectivity index (χ4v) is 4.98. The van der Waals surface area contributed by atoms with Crippen LogP contribution < -0.4 is 26.0 Å². The second-order valence-corrected chi connectivity index (χ2v) is 10.3. The molecule has 2 aromatic carbocycles. The summed E-state index contributed by atoms with van der Waals surface area (Å²) in [6.07, 6.45) is 1.89. The second kappa shape index (κ2) is 11.5. The highest BCUT2D eigenvalue weighted by molar-refractivity contribution is 7.13. The van der Waals surface area contributed by atoms with Crippen molar-refractivity contribution >= 4 is 28.4 Å². The molecule has 4 rings (SSSR count). The van der Waals surface area contributed by atoms with E-state index in [9.17, 15) is 9.59 Å². The first-order chi connectivity index (χ1) is 17.3. The Morgan fingerprint density at radius 3 is 2.44 bits per heavy atom. The molecule has 36 heavy (non-hydrogen) atoms. The van der Waals surface area contributed by atoms with Gasteiger partial charge in [-0.05, 0) is 61.3 Å². The summed E-state index contributed by atoms with van der Waals surface area (Å²) in [6, 6.07) is 15.1. The van der Waals surface area contributed by atoms with Gasteiger partial charge < -0.3 is 20.7 Å². The Kier molecular flexibility index (Phi) is 8.22. The topological polar surface area (TPSA) is 104 Å². The van der Waals surface area contributed by atoms with E-state index in [1.807, 2.05) is 41.8 Å². The molecule has 0 saturated carbocycles. The van der Waals surface area contributed by atoms with Crippen LogP contribution in [-0.4, -0.2) is 43.2 Å². The highest BCUT2D eigenvalue weighted by Gasteiger charge is 2.26. The van der Waals surface area contributed by atoms with E-state index < -0.39 is 0 Å². The van der Waals surface area contributed by atoms with Crippen molar-refractivity contribution in [1.82, 2.24) is 20.9 Å². The largest absolute Gasteiger partial charge is 0.497 e. The number of hydrogen-bond acceptors (Lipinski definition) is 6. The van der Waals surface area contributed by atoms with E-state index in [1.54, 1.807) is 19.2 Å². The molecule has 0 aliphatic carbocycles. The molecule has 0 unspecified atom stereocenters. The van der Waals surface area contributed by atoms with Gasteiger partial charge in [-0.1, -0.05) is 38.1 Å². The first kappa shape index (κ1) is 25.7. The van der Waals surface area contributed by atoms with E-state index in [-0.39, 0.29) is 23.4 Å². The average molecular weight is 508 g/mol. The summed E-state index contributed by atoms with van der Waals surface area (Å²) in [5, 5.41) is 14.6. The highest BCUT2D eigenvalue weighted by Crippen LogP contribution is 2.34. The van der Waals surface area contributed by atoms with Gasteiger partial charge in [0.2, 0.25) is 0 Å². The predicted molar refractivity (Wildman–Crippen MR) is 143 cm³/mol. The molecule has 1 aliphatic heterocycles. The van der Waals surface area contributed by atoms with Gasteiger partial charge in [0.25, 0.3) is 5.91 Å². The Labute approximate surface area is 215 Å². The van der Waals surface area contributed by atoms with Crippen LogP contribution in [-0.2, 0) is 12.0 Å². The van der Waals surface area contributed by atoms with Crippen molar-refractivity contribution in [1.29, 1.82) is 0 Å². The number of aromatic nitrogens is 1. The van der Waals surface area contributed by atoms with Gasteiger partial charge in [0.05, 0.1) is 12.8 Å². The summed E-state index contributed by atoms with van der Waals surface area (Å²) in [5.41, 5.74) is 3.20. The number of methoxy groups -OCH3 is 1. The quantitative estimate of drug-likeness (QED) is 0.364. The van der Waals surface area contributed by atoms with E-state index in [4.69, 9.17) is 4.74 Å². The molecule has 1 aromatic heterocycles. The first-order valence-electron chi connectivity index (χ1n) is 12.1. The molecule has 3 amide bonds. The van der Waals surface area contributed by atoms with Gasteiger partial charge in [-0.2, -0.15) is 0 Å². The van der Waals surface area contributed by atoms with Crippen molar-refractivity contribution in [2.45, 2.75) is 44.7 Å². The molecular formula is C27H33N5O3S. The number of anilines is 1. The van der Waals surface area contributed by atoms with E-state index in [0.717, 1.165) is 48.5 Å². The zero-order chi connectivity index (χ0) is 25.5. The summed E-state index contributed by atoms with van der Waals surface area (Å²) in [4.78, 5) is 29.5. The third-order valence-corrected chi connectivity index (χ3v) is 7.28. The van der Waals surface area contributed by atoms with Gasteiger partial charge in [0, 0.05) is 28.9 Å². The van der Waals surface area contributed by atoms with Crippen molar-refractivity contribution in [2.75, 3.05) is 25.5 Å². The van der Waals surface area contributed by atoms with Gasteiger partial charge in [-0.25, -0.2) is 9.78 Å². The van der Waals surface area contributed by atoms with Crippen LogP contribution in [0.25, 0.3) is 0 Å². The van der Waals surface area contributed by atoms with Crippen molar-refractivity contribution in [3.63, 3.8) is 0 Å². The second-order valence-electron chi connectivity index (χ2n) is 9.39. The summed E-state index contributed by atoms with van der Waals surface area (Å²) in [6.45, 7) is 6.41. The molecule has 1 aliphatic rings. The molecule has 9 heteroatoms. The number of piperidine rings is 1. The first-order valence-corrected chi connectivity index (χ1v) is 13.0. The number of hydrogen-bond donors (Lipinski definition) is 4. The minimum Gasteiger partial charge on any atom is -0.497 e. The van der Waals surface area contributed by atoms with Crippen molar-refractivity contribution in [2.24, 2.45) is 0 Å². The van der Waals surface area contributed by atoms with E-state index in [0.29, 0.717) is 17.2 Å². The summed E-state index contributed by atoms with van der Waals surface area (Å²) in [7, 11) is 1.65. The minimum atomic E-state index is -0.328. The van der Waals surface area contributed by atoms with Crippen LogP contribution in [0.3, 0.4) is 0 Å². The molecule has 0 bridgehead atoms. The number of rotatable bonds is 8. The van der Waals surface area contributed by atoms with Crippen molar-refractivity contribution in [3.05, 3.63) is 76.3 Å². The summed E-state index contributed by atoms with van der Waals surface area (Å²) in [5.74, 6) is 0.748. The van der Waals surface area contributed by atoms with Gasteiger partial charge in [-0.15, -0.1) is 11.3 Å². The monoisotopic (exact) mass is 507 g/mol. The Morgan fingerprint density at radius 2 is 1.78 bits per heavy atom. The van der Waals surface area contributed by atoms with E-state index in [1.165, 1.54) is 11.3 Å². The molecule has 0 spiro atoms. The third kappa shape index (κ3) is 6.41. The molecule has 190 valence electrons. The van der Waals surface area contributed by atoms with Gasteiger partial charge >= 0.3 is 6.03 Å². The number of carbonyl (C=O) groups is 2. The maximum Gasteiger partial charge on any atom is 0.321 e. The number of ether oxygens (including phenoxy) is 1. The lowest BCUT2D eigenvalue weighted by Crippen LogP contribution is -2.42. The number of urea groups is 1. The van der Waals surface area contributed by atoms with Crippen LogP contribution >= 0.6 is 11.3 Å². The zero-order valence-corrected chi connectivity index (χ0v) is 21.7. The van der Waals surface area contributed by atoms with Gasteiger partial charge in [0.1, 0.15) is 5.75 Å². The highest BCUT2D eigenvalue weighted by atomic mass is 32.1. The lowest BCUT2D eigenvalue weighted by Gasteiger charge is -2.23. The third-order valence-electron chi connectivity index (χ3n) is 6.52. The molecular weight excluding hydrogens is 474 g/mol. The Morgan fingerprint density at radius 1 is 1.08 bits per heavy atom. The molecule has 1 fully saturated rings. The van der Waals surface area contributed by atoms with Crippen molar-refractivity contribution < 1.29 is 14.3 Å². The fraction of sp³-hybridized carbons (Fsp3) is 0.370. The average Bonchev–Trinajstić information content (AvgIpc) is 3.37. The Bertz CT molecular complexity index is 1170. The standard InChI is InChI=1S/C27H33N5O3S/c1-27(2,20-8-10-22(35-3)11-9-20)23-17-36-26(31-23)32-25(34)29-16-18-4-6-19(7-5-18)24(33)30-21-12-14-28-15-13-21/h4-11,17,21,28H,12-16H2,1-3H3,(H,30,33)(H2,29,31,32,34). The lowest BCUT2D eigenvalue weighted by atomic mass is 9.82. The fourth-order valence-electron chi connectivity index (χ4n) is 4.11. The molecule has 0 radical (unpaired) electrons. The Hall–Kier alpha value is -3.43. The molecule has 8 nitrogen and oxygen atoms in total. The van der Waals surface area contributed by atoms with E-state index >= 15 is 0 Å². The molecule has 4 N–H and O–H groups in total. The maximum absolute atomic E-state index is 12.5. The normalized spacial score (nSPS) is 14.2. The molecule has 3 aromatic rings. The summed E-state index contributed by atoms with van der Waals surface area (Å²) >= 11 is 1.39. The van der Waals surface area contributed by atoms with E-state index in [2.05, 4.69) is 40.1 Å². The number of carbonyl (C=O) groups excluding carboxylic acids is 2.